The molecule has 0 aliphatic carbocycles. The lowest BCUT2D eigenvalue weighted by molar-refractivity contribution is 0.597. The molecule has 24 heavy (non-hydrogen) atoms. The summed E-state index contributed by atoms with van der Waals surface area (Å²) in [5.74, 6) is -0.469. The summed E-state index contributed by atoms with van der Waals surface area (Å²) in [7, 11) is -4.16. The standard InChI is InChI=1S/C15H14FN3O3S2/c1-8-6-11(16)4-5-12(8)18-24(21,22)13-10(3)17-15-19(14(13)20)7-9(2)23-15/h4-7,18H,1-3H3. The van der Waals surface area contributed by atoms with Crippen LogP contribution in [0.4, 0.5) is 10.1 Å². The molecule has 9 heteroatoms. The molecular weight excluding hydrogens is 353 g/mol. The first-order valence-corrected chi connectivity index (χ1v) is 9.27. The molecule has 0 unspecified atom stereocenters. The average Bonchev–Trinajstić information content (AvgIpc) is 2.82. The fourth-order valence-corrected chi connectivity index (χ4v) is 4.63. The van der Waals surface area contributed by atoms with Crippen LogP contribution >= 0.6 is 11.3 Å². The average molecular weight is 367 g/mol. The second-order valence-electron chi connectivity index (χ2n) is 5.39. The van der Waals surface area contributed by atoms with Crippen molar-refractivity contribution in [2.45, 2.75) is 25.7 Å². The number of rotatable bonds is 3. The van der Waals surface area contributed by atoms with Crippen molar-refractivity contribution in [3.63, 3.8) is 0 Å². The van der Waals surface area contributed by atoms with Crippen LogP contribution in [0.1, 0.15) is 16.1 Å². The third-order valence-corrected chi connectivity index (χ3v) is 5.87. The van der Waals surface area contributed by atoms with Gasteiger partial charge in [-0.2, -0.15) is 0 Å². The first kappa shape index (κ1) is 16.6. The predicted octanol–water partition coefficient (Wildman–Crippen LogP) is 2.62. The highest BCUT2D eigenvalue weighted by Crippen LogP contribution is 2.21. The van der Waals surface area contributed by atoms with Crippen molar-refractivity contribution >= 4 is 32.0 Å². The molecule has 1 N–H and O–H groups in total. The summed E-state index contributed by atoms with van der Waals surface area (Å²) in [4.78, 5) is 17.7. The van der Waals surface area contributed by atoms with Gasteiger partial charge in [0, 0.05) is 11.1 Å². The Morgan fingerprint density at radius 3 is 2.62 bits per heavy atom. The Balaban J connectivity index is 2.16. The molecule has 0 fully saturated rings. The molecule has 6 nitrogen and oxygen atoms in total. The number of anilines is 1. The molecular formula is C15H14FN3O3S2. The number of halogens is 1. The second kappa shape index (κ2) is 5.67. The molecule has 0 saturated heterocycles. The van der Waals surface area contributed by atoms with E-state index in [-0.39, 0.29) is 11.4 Å². The Bertz CT molecular complexity index is 1120. The molecule has 0 saturated carbocycles. The van der Waals surface area contributed by atoms with Gasteiger partial charge in [-0.15, -0.1) is 11.3 Å². The summed E-state index contributed by atoms with van der Waals surface area (Å²) in [6, 6.07) is 3.67. The number of sulfonamides is 1. The summed E-state index contributed by atoms with van der Waals surface area (Å²) in [5, 5.41) is 0. The van der Waals surface area contributed by atoms with Crippen molar-refractivity contribution in [1.82, 2.24) is 9.38 Å². The van der Waals surface area contributed by atoms with Crippen molar-refractivity contribution in [2.24, 2.45) is 0 Å². The maximum Gasteiger partial charge on any atom is 0.279 e. The van der Waals surface area contributed by atoms with E-state index >= 15 is 0 Å². The first-order valence-electron chi connectivity index (χ1n) is 6.97. The molecule has 3 aromatic rings. The molecule has 0 amide bonds. The van der Waals surface area contributed by atoms with E-state index in [9.17, 15) is 17.6 Å². The van der Waals surface area contributed by atoms with Gasteiger partial charge in [0.25, 0.3) is 15.6 Å². The highest BCUT2D eigenvalue weighted by atomic mass is 32.2. The van der Waals surface area contributed by atoms with Gasteiger partial charge in [-0.3, -0.25) is 13.9 Å². The van der Waals surface area contributed by atoms with E-state index in [1.165, 1.54) is 34.8 Å². The number of fused-ring (bicyclic) bond motifs is 1. The molecule has 2 heterocycles. The number of aryl methyl sites for hydroxylation is 3. The zero-order valence-corrected chi connectivity index (χ0v) is 14.8. The van der Waals surface area contributed by atoms with Gasteiger partial charge < -0.3 is 0 Å². The van der Waals surface area contributed by atoms with Crippen LogP contribution in [-0.2, 0) is 10.0 Å². The molecule has 126 valence electrons. The van der Waals surface area contributed by atoms with Gasteiger partial charge >= 0.3 is 0 Å². The molecule has 1 aromatic carbocycles. The molecule has 0 aliphatic rings. The molecule has 0 atom stereocenters. The lowest BCUT2D eigenvalue weighted by Gasteiger charge is -2.11. The van der Waals surface area contributed by atoms with Crippen molar-refractivity contribution in [2.75, 3.05) is 4.72 Å². The number of aromatic nitrogens is 2. The van der Waals surface area contributed by atoms with Gasteiger partial charge in [0.05, 0.1) is 11.4 Å². The normalized spacial score (nSPS) is 11.8. The van der Waals surface area contributed by atoms with E-state index in [1.54, 1.807) is 13.1 Å². The Morgan fingerprint density at radius 1 is 1.25 bits per heavy atom. The van der Waals surface area contributed by atoms with Crippen LogP contribution in [0.15, 0.2) is 34.1 Å². The SMILES string of the molecule is Cc1cn2c(=O)c(S(=O)(=O)Nc3ccc(F)cc3C)c(C)nc2s1. The Labute approximate surface area is 141 Å². The van der Waals surface area contributed by atoms with Gasteiger partial charge in [-0.25, -0.2) is 17.8 Å². The number of nitrogens with zero attached hydrogens (tertiary/aromatic N) is 2. The number of benzene rings is 1. The van der Waals surface area contributed by atoms with Gasteiger partial charge in [0.1, 0.15) is 5.82 Å². The van der Waals surface area contributed by atoms with E-state index in [0.717, 1.165) is 10.9 Å². The second-order valence-corrected chi connectivity index (χ2v) is 8.22. The third-order valence-electron chi connectivity index (χ3n) is 3.48. The Kier molecular flexibility index (Phi) is 3.92. The van der Waals surface area contributed by atoms with Crippen LogP contribution < -0.4 is 10.3 Å². The first-order chi connectivity index (χ1) is 11.2. The van der Waals surface area contributed by atoms with E-state index in [1.807, 2.05) is 6.92 Å². The van der Waals surface area contributed by atoms with Crippen LogP contribution in [0.2, 0.25) is 0 Å². The van der Waals surface area contributed by atoms with Crippen molar-refractivity contribution in [3.05, 3.63) is 56.7 Å². The minimum atomic E-state index is -4.16. The zero-order valence-electron chi connectivity index (χ0n) is 13.1. The van der Waals surface area contributed by atoms with Gasteiger partial charge in [0.15, 0.2) is 9.86 Å². The summed E-state index contributed by atoms with van der Waals surface area (Å²) >= 11 is 1.30. The Hall–Kier alpha value is -2.26. The number of hydrogen-bond donors (Lipinski definition) is 1. The highest BCUT2D eigenvalue weighted by Gasteiger charge is 2.25. The van der Waals surface area contributed by atoms with Crippen molar-refractivity contribution in [1.29, 1.82) is 0 Å². The van der Waals surface area contributed by atoms with Crippen LogP contribution in [-0.4, -0.2) is 17.8 Å². The maximum absolute atomic E-state index is 13.2. The van der Waals surface area contributed by atoms with Crippen LogP contribution in [0.25, 0.3) is 4.96 Å². The topological polar surface area (TPSA) is 80.5 Å². The summed E-state index contributed by atoms with van der Waals surface area (Å²) < 4.78 is 42.1. The molecule has 0 spiro atoms. The third kappa shape index (κ3) is 2.80. The monoisotopic (exact) mass is 367 g/mol. The van der Waals surface area contributed by atoms with Crippen molar-refractivity contribution in [3.8, 4) is 0 Å². The van der Waals surface area contributed by atoms with Gasteiger partial charge in [-0.05, 0) is 44.5 Å². The fraction of sp³-hybridized carbons (Fsp3) is 0.200. The number of nitrogens with one attached hydrogen (secondary N) is 1. The molecule has 3 rings (SSSR count). The smallest absolute Gasteiger partial charge is 0.279 e. The zero-order chi connectivity index (χ0) is 17.6. The maximum atomic E-state index is 13.2. The largest absolute Gasteiger partial charge is 0.279 e. The quantitative estimate of drug-likeness (QED) is 0.772. The summed E-state index contributed by atoms with van der Waals surface area (Å²) in [6.45, 7) is 4.86. The number of thiazole rings is 1. The van der Waals surface area contributed by atoms with Gasteiger partial charge in [0.2, 0.25) is 0 Å². The Morgan fingerprint density at radius 2 is 1.96 bits per heavy atom. The minimum Gasteiger partial charge on any atom is -0.279 e. The lowest BCUT2D eigenvalue weighted by atomic mass is 10.2. The van der Waals surface area contributed by atoms with Crippen LogP contribution in [0.3, 0.4) is 0 Å². The van der Waals surface area contributed by atoms with E-state index in [4.69, 9.17) is 0 Å². The molecule has 2 aromatic heterocycles. The minimum absolute atomic E-state index is 0.120. The molecule has 0 bridgehead atoms. The highest BCUT2D eigenvalue weighted by molar-refractivity contribution is 7.92. The van der Waals surface area contributed by atoms with E-state index < -0.39 is 26.3 Å². The lowest BCUT2D eigenvalue weighted by Crippen LogP contribution is -2.27. The van der Waals surface area contributed by atoms with Gasteiger partial charge in [-0.1, -0.05) is 0 Å². The van der Waals surface area contributed by atoms with Crippen LogP contribution in [0, 0.1) is 26.6 Å². The summed E-state index contributed by atoms with van der Waals surface area (Å²) in [5.41, 5.74) is 0.0850. The fourth-order valence-electron chi connectivity index (χ4n) is 2.38. The predicted molar refractivity (Wildman–Crippen MR) is 90.8 cm³/mol. The number of hydrogen-bond acceptors (Lipinski definition) is 5. The van der Waals surface area contributed by atoms with Crippen LogP contribution in [0.5, 0.6) is 0 Å². The van der Waals surface area contributed by atoms with E-state index in [2.05, 4.69) is 9.71 Å². The molecule has 0 aliphatic heterocycles. The van der Waals surface area contributed by atoms with Crippen molar-refractivity contribution < 1.29 is 12.8 Å². The van der Waals surface area contributed by atoms with E-state index in [0.29, 0.717) is 10.5 Å². The molecule has 0 radical (unpaired) electrons. The summed E-state index contributed by atoms with van der Waals surface area (Å²) in [6.07, 6.45) is 1.55.